The van der Waals surface area contributed by atoms with Gasteiger partial charge in [-0.3, -0.25) is 4.79 Å². The third-order valence-corrected chi connectivity index (χ3v) is 7.89. The molecule has 2 heterocycles. The van der Waals surface area contributed by atoms with Gasteiger partial charge < -0.3 is 14.6 Å². The summed E-state index contributed by atoms with van der Waals surface area (Å²) in [6.45, 7) is 11.7. The number of carbonyl (C=O) groups is 1. The van der Waals surface area contributed by atoms with Gasteiger partial charge in [-0.25, -0.2) is 0 Å². The topological polar surface area (TPSA) is 45.3 Å². The summed E-state index contributed by atoms with van der Waals surface area (Å²) in [5, 5.41) is 1.16. The zero-order valence-electron chi connectivity index (χ0n) is 19.8. The number of amides is 1. The normalized spacial score (nSPS) is 30.9. The number of nitrogens with zero attached hydrogens (tertiary/aromatic N) is 1. The summed E-state index contributed by atoms with van der Waals surface area (Å²) < 4.78 is 6.20. The number of benzene rings is 1. The quantitative estimate of drug-likeness (QED) is 0.605. The van der Waals surface area contributed by atoms with E-state index in [1.54, 1.807) is 0 Å². The van der Waals surface area contributed by atoms with Crippen molar-refractivity contribution in [1.29, 1.82) is 0 Å². The Bertz CT molecular complexity index is 982. The highest BCUT2D eigenvalue weighted by molar-refractivity contribution is 5.90. The number of ether oxygens (including phenoxy) is 1. The van der Waals surface area contributed by atoms with E-state index in [4.69, 9.17) is 4.74 Å². The maximum absolute atomic E-state index is 13.6. The smallest absolute Gasteiger partial charge is 0.223 e. The fourth-order valence-corrected chi connectivity index (χ4v) is 7.06. The van der Waals surface area contributed by atoms with Crippen molar-refractivity contribution in [3.05, 3.63) is 30.0 Å². The molecule has 3 aliphatic rings. The summed E-state index contributed by atoms with van der Waals surface area (Å²) in [7, 11) is 0. The minimum atomic E-state index is 0.155. The van der Waals surface area contributed by atoms with Crippen LogP contribution in [0.4, 0.5) is 0 Å². The summed E-state index contributed by atoms with van der Waals surface area (Å²) in [5.41, 5.74) is 3.00. The highest BCUT2D eigenvalue weighted by Crippen LogP contribution is 2.53. The van der Waals surface area contributed by atoms with Gasteiger partial charge in [0, 0.05) is 35.6 Å². The average Bonchev–Trinajstić information content (AvgIpc) is 3.34. The predicted octanol–water partition coefficient (Wildman–Crippen LogP) is 6.41. The molecule has 4 atom stereocenters. The highest BCUT2D eigenvalue weighted by Gasteiger charge is 2.49. The van der Waals surface area contributed by atoms with Gasteiger partial charge in [-0.2, -0.15) is 0 Å². The number of rotatable bonds is 5. The van der Waals surface area contributed by atoms with E-state index in [1.165, 1.54) is 12.0 Å². The van der Waals surface area contributed by atoms with Crippen LogP contribution in [0.3, 0.4) is 0 Å². The maximum atomic E-state index is 13.6. The number of fused-ring (bicyclic) bond motifs is 3. The van der Waals surface area contributed by atoms with Gasteiger partial charge in [0.2, 0.25) is 5.91 Å². The Kier molecular flexibility index (Phi) is 4.91. The molecule has 4 unspecified atom stereocenters. The fourth-order valence-electron chi connectivity index (χ4n) is 7.06. The summed E-state index contributed by atoms with van der Waals surface area (Å²) in [5.74, 6) is 1.44. The van der Waals surface area contributed by atoms with E-state index in [9.17, 15) is 4.79 Å². The van der Waals surface area contributed by atoms with Crippen molar-refractivity contribution in [2.24, 2.45) is 10.8 Å². The van der Waals surface area contributed by atoms with Crippen molar-refractivity contribution in [2.75, 3.05) is 0 Å². The molecule has 0 radical (unpaired) electrons. The number of aromatic amines is 1. The van der Waals surface area contributed by atoms with Crippen LogP contribution >= 0.6 is 0 Å². The molecule has 3 fully saturated rings. The molecule has 2 aromatic rings. The first-order valence-electron chi connectivity index (χ1n) is 12.2. The average molecular weight is 423 g/mol. The van der Waals surface area contributed by atoms with Gasteiger partial charge >= 0.3 is 0 Å². The van der Waals surface area contributed by atoms with E-state index in [2.05, 4.69) is 62.8 Å². The molecule has 1 N–H and O–H groups in total. The van der Waals surface area contributed by atoms with Crippen molar-refractivity contribution in [1.82, 2.24) is 9.88 Å². The lowest BCUT2D eigenvalue weighted by molar-refractivity contribution is -0.147. The van der Waals surface area contributed by atoms with Gasteiger partial charge in [-0.05, 0) is 79.9 Å². The minimum Gasteiger partial charge on any atom is -0.490 e. The summed E-state index contributed by atoms with van der Waals surface area (Å²) in [4.78, 5) is 19.3. The lowest BCUT2D eigenvalue weighted by Crippen LogP contribution is -2.58. The second-order valence-electron chi connectivity index (χ2n) is 11.9. The van der Waals surface area contributed by atoms with E-state index in [0.717, 1.165) is 48.8 Å². The van der Waals surface area contributed by atoms with Crippen LogP contribution in [0.15, 0.2) is 24.4 Å². The van der Waals surface area contributed by atoms with E-state index >= 15 is 0 Å². The first-order chi connectivity index (χ1) is 14.6. The molecule has 1 saturated heterocycles. The molecule has 1 aromatic carbocycles. The number of nitrogens with one attached hydrogen (secondary N) is 1. The molecule has 4 heteroatoms. The number of carbonyl (C=O) groups excluding carboxylic acids is 1. The lowest BCUT2D eigenvalue weighted by atomic mass is 9.58. The molecule has 5 rings (SSSR count). The summed E-state index contributed by atoms with van der Waals surface area (Å²) >= 11 is 0. The molecule has 1 aliphatic heterocycles. The second-order valence-corrected chi connectivity index (χ2v) is 11.9. The molecule has 4 nitrogen and oxygen atoms in total. The van der Waals surface area contributed by atoms with Gasteiger partial charge in [0.15, 0.2) is 0 Å². The van der Waals surface area contributed by atoms with Crippen LogP contribution in [0.5, 0.6) is 5.75 Å². The van der Waals surface area contributed by atoms with E-state index in [-0.39, 0.29) is 5.92 Å². The third-order valence-electron chi connectivity index (χ3n) is 7.89. The monoisotopic (exact) mass is 422 g/mol. The molecule has 1 amide bonds. The first-order valence-corrected chi connectivity index (χ1v) is 12.2. The summed E-state index contributed by atoms with van der Waals surface area (Å²) in [6.07, 6.45) is 9.99. The Morgan fingerprint density at radius 2 is 2.00 bits per heavy atom. The van der Waals surface area contributed by atoms with Crippen LogP contribution in [-0.4, -0.2) is 34.0 Å². The molecule has 2 saturated carbocycles. The standard InChI is InChI=1S/C27H38N2O2/c1-17(21-15-28-22-7-6-8-23(25(21)22)31-20-9-10-20)11-24(30)29-18(2)12-27(5)14-19(29)13-26(3,4)16-27/h6-8,15,17-20,28H,9-14,16H2,1-5H3. The van der Waals surface area contributed by atoms with Crippen molar-refractivity contribution in [2.45, 2.75) is 104 Å². The van der Waals surface area contributed by atoms with Crippen molar-refractivity contribution in [3.8, 4) is 5.75 Å². The van der Waals surface area contributed by atoms with E-state index in [1.807, 2.05) is 6.07 Å². The Morgan fingerprint density at radius 3 is 2.74 bits per heavy atom. The number of H-pyrrole nitrogens is 1. The Labute approximate surface area is 186 Å². The van der Waals surface area contributed by atoms with Crippen LogP contribution in [0, 0.1) is 10.8 Å². The fraction of sp³-hybridized carbons (Fsp3) is 0.667. The van der Waals surface area contributed by atoms with E-state index < -0.39 is 0 Å². The zero-order chi connectivity index (χ0) is 22.0. The van der Waals surface area contributed by atoms with Gasteiger partial charge in [0.25, 0.3) is 0 Å². The van der Waals surface area contributed by atoms with Gasteiger partial charge in [0.1, 0.15) is 5.75 Å². The largest absolute Gasteiger partial charge is 0.490 e. The number of aromatic nitrogens is 1. The van der Waals surface area contributed by atoms with Gasteiger partial charge in [-0.1, -0.05) is 33.8 Å². The molecular weight excluding hydrogens is 384 g/mol. The number of hydrogen-bond donors (Lipinski definition) is 1. The minimum absolute atomic E-state index is 0.155. The molecule has 2 aliphatic carbocycles. The highest BCUT2D eigenvalue weighted by atomic mass is 16.5. The van der Waals surface area contributed by atoms with Crippen molar-refractivity contribution in [3.63, 3.8) is 0 Å². The van der Waals surface area contributed by atoms with Crippen LogP contribution in [0.25, 0.3) is 10.9 Å². The summed E-state index contributed by atoms with van der Waals surface area (Å²) in [6, 6.07) is 6.94. The van der Waals surface area contributed by atoms with Crippen LogP contribution < -0.4 is 4.74 Å². The van der Waals surface area contributed by atoms with Gasteiger partial charge in [-0.15, -0.1) is 0 Å². The molecular formula is C27H38N2O2. The van der Waals surface area contributed by atoms with Crippen molar-refractivity contribution >= 4 is 16.8 Å². The molecule has 2 bridgehead atoms. The molecule has 31 heavy (non-hydrogen) atoms. The SMILES string of the molecule is CC(CC(=O)N1C(C)CC2(C)CC1CC(C)(C)C2)c1c[nH]c2cccc(OC3CC3)c12. The number of piperidine rings is 1. The van der Waals surface area contributed by atoms with Crippen molar-refractivity contribution < 1.29 is 9.53 Å². The zero-order valence-corrected chi connectivity index (χ0v) is 19.8. The third kappa shape index (κ3) is 3.99. The molecule has 168 valence electrons. The maximum Gasteiger partial charge on any atom is 0.223 e. The Hall–Kier alpha value is -1.97. The van der Waals surface area contributed by atoms with E-state index in [0.29, 0.717) is 41.3 Å². The Balaban J connectivity index is 1.37. The van der Waals surface area contributed by atoms with Crippen LogP contribution in [-0.2, 0) is 4.79 Å². The number of likely N-dealkylation sites (tertiary alicyclic amines) is 1. The molecule has 0 spiro atoms. The first kappa shape index (κ1) is 20.9. The van der Waals surface area contributed by atoms with Gasteiger partial charge in [0.05, 0.1) is 6.10 Å². The van der Waals surface area contributed by atoms with Crippen LogP contribution in [0.2, 0.25) is 0 Å². The number of hydrogen-bond acceptors (Lipinski definition) is 2. The second kappa shape index (κ2) is 7.28. The molecule has 1 aromatic heterocycles. The van der Waals surface area contributed by atoms with Crippen LogP contribution in [0.1, 0.15) is 91.0 Å². The predicted molar refractivity (Wildman–Crippen MR) is 125 cm³/mol. The Morgan fingerprint density at radius 1 is 1.23 bits per heavy atom. The lowest BCUT2D eigenvalue weighted by Gasteiger charge is -2.57.